The average Bonchev–Trinajstić information content (AvgIpc) is 3.04. The number of carbonyl (C=O) groups excluding carboxylic acids is 2. The van der Waals surface area contributed by atoms with Gasteiger partial charge >= 0.3 is 12.1 Å². The lowest BCUT2D eigenvalue weighted by atomic mass is 9.93. The quantitative estimate of drug-likeness (QED) is 0.235. The first-order chi connectivity index (χ1) is 22.9. The van der Waals surface area contributed by atoms with Crippen molar-refractivity contribution < 1.29 is 37.0 Å². The molecule has 1 saturated heterocycles. The molecule has 16 heteroatoms. The van der Waals surface area contributed by atoms with Gasteiger partial charge in [0, 0.05) is 13.1 Å². The molecule has 2 aromatic carbocycles. The van der Waals surface area contributed by atoms with Crippen molar-refractivity contribution in [2.24, 2.45) is 0 Å². The third-order valence-electron chi connectivity index (χ3n) is 7.83. The number of hydrogen-bond donors (Lipinski definition) is 2. The van der Waals surface area contributed by atoms with Crippen LogP contribution in [-0.4, -0.2) is 89.4 Å². The lowest BCUT2D eigenvalue weighted by molar-refractivity contribution is -0.139. The minimum Gasteiger partial charge on any atom is -0.497 e. The molecule has 0 radical (unpaired) electrons. The molecule has 1 fully saturated rings. The fraction of sp³-hybridized carbons (Fsp3) is 0.382. The van der Waals surface area contributed by atoms with Gasteiger partial charge in [-0.1, -0.05) is 35.9 Å². The highest BCUT2D eigenvalue weighted by atomic mass is 35.5. The van der Waals surface area contributed by atoms with Crippen molar-refractivity contribution in [3.63, 3.8) is 0 Å². The van der Waals surface area contributed by atoms with Gasteiger partial charge in [-0.05, 0) is 87.3 Å². The number of nitrogens with zero attached hydrogens (tertiary/aromatic N) is 2. The first kappa shape index (κ1) is 42.4. The molecule has 2 N–H and O–H groups in total. The minimum atomic E-state index is -4.18. The summed E-state index contributed by atoms with van der Waals surface area (Å²) in [6.45, 7) is 5.05. The zero-order valence-electron chi connectivity index (χ0n) is 28.2. The molecule has 4 rings (SSSR count). The maximum atomic E-state index is 13.5. The highest BCUT2D eigenvalue weighted by Gasteiger charge is 2.28. The topological polar surface area (TPSA) is 148 Å². The second-order valence-corrected chi connectivity index (χ2v) is 13.6. The van der Waals surface area contributed by atoms with Crippen molar-refractivity contribution >= 4 is 69.9 Å². The first-order valence-electron chi connectivity index (χ1n) is 15.5. The van der Waals surface area contributed by atoms with Crippen molar-refractivity contribution in [3.8, 4) is 17.2 Å². The van der Waals surface area contributed by atoms with Crippen LogP contribution in [0.4, 0.5) is 10.5 Å². The Hall–Kier alpha value is -3.75. The molecule has 0 bridgehead atoms. The van der Waals surface area contributed by atoms with Crippen molar-refractivity contribution in [1.82, 2.24) is 10.2 Å². The van der Waals surface area contributed by atoms with Gasteiger partial charge in [-0.3, -0.25) is 9.10 Å². The van der Waals surface area contributed by atoms with Crippen LogP contribution in [0.3, 0.4) is 0 Å². The predicted molar refractivity (Wildman–Crippen MR) is 200 cm³/mol. The second-order valence-electron chi connectivity index (χ2n) is 11.3. The number of carbonyl (C=O) groups is 2. The molecular formula is C34H43Cl3N4O8S. The van der Waals surface area contributed by atoms with Crippen LogP contribution < -0.4 is 23.8 Å². The average molecular weight is 774 g/mol. The van der Waals surface area contributed by atoms with E-state index in [4.69, 9.17) is 36.0 Å². The van der Waals surface area contributed by atoms with Crippen LogP contribution in [0.2, 0.25) is 5.02 Å². The summed E-state index contributed by atoms with van der Waals surface area (Å²) in [5.74, 6) is -0.331. The van der Waals surface area contributed by atoms with Crippen LogP contribution >= 0.6 is 36.4 Å². The molecule has 1 aliphatic heterocycles. The number of esters is 1. The maximum Gasteiger partial charge on any atom is 0.413 e. The third-order valence-corrected chi connectivity index (χ3v) is 9.76. The number of benzene rings is 2. The molecule has 1 aliphatic carbocycles. The normalized spacial score (nSPS) is 16.7. The summed E-state index contributed by atoms with van der Waals surface area (Å²) in [6, 6.07) is 10.5. The van der Waals surface area contributed by atoms with E-state index in [1.54, 1.807) is 74.5 Å². The monoisotopic (exact) mass is 772 g/mol. The minimum absolute atomic E-state index is 0. The Labute approximate surface area is 310 Å². The van der Waals surface area contributed by atoms with Crippen molar-refractivity contribution in [2.75, 3.05) is 50.5 Å². The molecule has 0 saturated carbocycles. The van der Waals surface area contributed by atoms with Gasteiger partial charge in [-0.25, -0.2) is 13.2 Å². The smallest absolute Gasteiger partial charge is 0.413 e. The van der Waals surface area contributed by atoms with Gasteiger partial charge in [0.2, 0.25) is 10.0 Å². The van der Waals surface area contributed by atoms with E-state index in [9.17, 15) is 18.0 Å². The predicted octanol–water partition coefficient (Wildman–Crippen LogP) is 5.98. The fourth-order valence-corrected chi connectivity index (χ4v) is 6.63. The van der Waals surface area contributed by atoms with Crippen LogP contribution in [0, 0.1) is 5.41 Å². The zero-order valence-corrected chi connectivity index (χ0v) is 31.4. The number of rotatable bonds is 13. The summed E-state index contributed by atoms with van der Waals surface area (Å²) in [6.07, 6.45) is 7.64. The van der Waals surface area contributed by atoms with Gasteiger partial charge in [0.1, 0.15) is 23.4 Å². The van der Waals surface area contributed by atoms with Crippen molar-refractivity contribution in [1.29, 1.82) is 5.41 Å². The zero-order chi connectivity index (χ0) is 34.8. The standard InChI is InChI=1S/C34H41ClN4O8S.2ClH/c1-5-45-32(40)22-48(42,43)39(25-9-15-31(29(35)21-25)46-28-16-19-38(3)20-17-28)18-6-7-24-8-14-30(33(36)23(24)2)37-34(41)47-27-12-10-26(44-4)11-13-27;;/h6-15,21,28,30,36H,5,16-20,22H2,1-4H3,(H,37,41);2*1H/b7-6+,36-33?;;. The van der Waals surface area contributed by atoms with E-state index < -0.39 is 33.9 Å². The highest BCUT2D eigenvalue weighted by molar-refractivity contribution is 7.93. The van der Waals surface area contributed by atoms with Crippen molar-refractivity contribution in [2.45, 2.75) is 38.8 Å². The molecule has 2 aromatic rings. The van der Waals surface area contributed by atoms with E-state index in [1.807, 2.05) is 0 Å². The van der Waals surface area contributed by atoms with Gasteiger partial charge in [-0.2, -0.15) is 0 Å². The SMILES string of the molecule is CCOC(=O)CS(=O)(=O)N(C/C=C/C1=C(C)C(=N)C(NC(=O)Oc2ccc(OC)cc2)C=C1)c1ccc(OC2CCN(C)CC2)c(Cl)c1.Cl.Cl. The first-order valence-corrected chi connectivity index (χ1v) is 17.5. The molecule has 0 spiro atoms. The summed E-state index contributed by atoms with van der Waals surface area (Å²) >= 11 is 6.57. The van der Waals surface area contributed by atoms with E-state index in [0.717, 1.165) is 30.2 Å². The summed E-state index contributed by atoms with van der Waals surface area (Å²) < 4.78 is 49.4. The lowest BCUT2D eigenvalue weighted by Crippen LogP contribution is -2.42. The Kier molecular flexibility index (Phi) is 16.6. The van der Waals surface area contributed by atoms with E-state index >= 15 is 0 Å². The van der Waals surface area contributed by atoms with Gasteiger partial charge in [0.15, 0.2) is 5.75 Å². The molecule has 12 nitrogen and oxygen atoms in total. The maximum absolute atomic E-state index is 13.5. The van der Waals surface area contributed by atoms with Crippen molar-refractivity contribution in [3.05, 3.63) is 82.9 Å². The Morgan fingerprint density at radius 2 is 1.76 bits per heavy atom. The molecule has 2 aliphatic rings. The lowest BCUT2D eigenvalue weighted by Gasteiger charge is -2.30. The number of hydrogen-bond acceptors (Lipinski definition) is 10. The highest BCUT2D eigenvalue weighted by Crippen LogP contribution is 2.33. The fourth-order valence-electron chi connectivity index (χ4n) is 5.13. The molecule has 1 heterocycles. The number of allylic oxidation sites excluding steroid dienone is 3. The van der Waals surface area contributed by atoms with E-state index in [-0.39, 0.29) is 60.5 Å². The van der Waals surface area contributed by atoms with Crippen LogP contribution in [0.15, 0.2) is 77.9 Å². The number of amides is 1. The number of nitrogens with one attached hydrogen (secondary N) is 2. The van der Waals surface area contributed by atoms with Crippen LogP contribution in [0.1, 0.15) is 26.7 Å². The van der Waals surface area contributed by atoms with Gasteiger partial charge in [-0.15, -0.1) is 24.8 Å². The summed E-state index contributed by atoms with van der Waals surface area (Å²) in [5.41, 5.74) is 1.61. The summed E-state index contributed by atoms with van der Waals surface area (Å²) in [7, 11) is -0.587. The number of halogens is 3. The molecule has 1 amide bonds. The largest absolute Gasteiger partial charge is 0.497 e. The Morgan fingerprint density at radius 1 is 1.10 bits per heavy atom. The van der Waals surface area contributed by atoms with E-state index in [2.05, 4.69) is 17.3 Å². The Balaban J connectivity index is 0.00000433. The van der Waals surface area contributed by atoms with Crippen LogP contribution in [0.25, 0.3) is 0 Å². The van der Waals surface area contributed by atoms with Crippen LogP contribution in [0.5, 0.6) is 17.2 Å². The summed E-state index contributed by atoms with van der Waals surface area (Å²) in [5, 5.41) is 11.5. The number of likely N-dealkylation sites (tertiary alicyclic amines) is 1. The van der Waals surface area contributed by atoms with Gasteiger partial charge in [0.25, 0.3) is 0 Å². The molecule has 274 valence electrons. The number of ether oxygens (including phenoxy) is 4. The Morgan fingerprint density at radius 3 is 2.38 bits per heavy atom. The molecule has 1 atom stereocenters. The summed E-state index contributed by atoms with van der Waals surface area (Å²) in [4.78, 5) is 26.9. The van der Waals surface area contributed by atoms with E-state index in [0.29, 0.717) is 28.4 Å². The third kappa shape index (κ3) is 11.7. The molecule has 1 unspecified atom stereocenters. The molecule has 50 heavy (non-hydrogen) atoms. The van der Waals surface area contributed by atoms with Gasteiger partial charge in [0.05, 0.1) is 42.7 Å². The van der Waals surface area contributed by atoms with Gasteiger partial charge < -0.3 is 34.6 Å². The number of anilines is 1. The molecule has 0 aromatic heterocycles. The number of piperidine rings is 1. The van der Waals surface area contributed by atoms with Crippen LogP contribution in [-0.2, 0) is 19.6 Å². The number of methoxy groups -OCH3 is 1. The van der Waals surface area contributed by atoms with E-state index in [1.165, 1.54) is 13.2 Å². The Bertz CT molecular complexity index is 1690. The molecular weight excluding hydrogens is 731 g/mol. The number of sulfonamides is 1. The second kappa shape index (κ2) is 19.6.